The van der Waals surface area contributed by atoms with Crippen LogP contribution in [-0.4, -0.2) is 126 Å². The van der Waals surface area contributed by atoms with Crippen LogP contribution in [-0.2, 0) is 0 Å². The molecule has 10 saturated carbocycles. The van der Waals surface area contributed by atoms with Crippen LogP contribution in [0.3, 0.4) is 0 Å². The Morgan fingerprint density at radius 2 is 0.605 bits per heavy atom. The van der Waals surface area contributed by atoms with Gasteiger partial charge in [-0.1, -0.05) is 103 Å². The molecule has 0 amide bonds. The minimum Gasteiger partial charge on any atom is -0.300 e. The highest BCUT2D eigenvalue weighted by molar-refractivity contribution is 8.01. The quantitative estimate of drug-likeness (QED) is 0.199. The first-order valence-electron chi connectivity index (χ1n) is 35.4. The van der Waals surface area contributed by atoms with E-state index in [4.69, 9.17) is 0 Å². The number of thioether (sulfide) groups is 2. The van der Waals surface area contributed by atoms with E-state index >= 15 is 0 Å². The number of nitrogens with zero attached hydrogens (tertiary/aromatic N) is 4. The molecule has 428 valence electrons. The van der Waals surface area contributed by atoms with E-state index in [-0.39, 0.29) is 0 Å². The third-order valence-corrected chi connectivity index (χ3v) is 29.9. The lowest BCUT2D eigenvalue weighted by atomic mass is 9.71. The number of rotatable bonds is 10. The van der Waals surface area contributed by atoms with E-state index in [9.17, 15) is 0 Å². The van der Waals surface area contributed by atoms with Crippen molar-refractivity contribution in [2.75, 3.05) is 0 Å². The number of likely N-dealkylation sites (tertiary alicyclic amines) is 2. The van der Waals surface area contributed by atoms with E-state index in [1.807, 2.05) is 0 Å². The van der Waals surface area contributed by atoms with E-state index in [0.717, 1.165) is 108 Å². The molecule has 0 aromatic rings. The summed E-state index contributed by atoms with van der Waals surface area (Å²) >= 11 is 4.68. The Hall–Kier alpha value is 0.420. The summed E-state index contributed by atoms with van der Waals surface area (Å²) in [6, 6.07) is 12.0. The topological polar surface area (TPSA) is 49.1 Å². The summed E-state index contributed by atoms with van der Waals surface area (Å²) in [6.45, 7) is 0. The second kappa shape index (κ2) is 23.8. The predicted molar refractivity (Wildman–Crippen MR) is 320 cm³/mol. The van der Waals surface area contributed by atoms with Gasteiger partial charge in [0.05, 0.1) is 21.5 Å². The number of fused-ring (bicyclic) bond motifs is 8. The second-order valence-electron chi connectivity index (χ2n) is 30.4. The lowest BCUT2D eigenvalue weighted by molar-refractivity contribution is -0.00719. The first-order chi connectivity index (χ1) is 37.7. The lowest BCUT2D eigenvalue weighted by Gasteiger charge is -2.50. The molecule has 15 fully saturated rings. The maximum atomic E-state index is 4.36. The summed E-state index contributed by atoms with van der Waals surface area (Å²) in [7, 11) is 0. The fraction of sp³-hybridized carbons (Fsp3) is 1.00. The zero-order chi connectivity index (χ0) is 50.1. The molecule has 76 heavy (non-hydrogen) atoms. The summed E-state index contributed by atoms with van der Waals surface area (Å²) in [4.78, 5) is 13.2. The third kappa shape index (κ3) is 10.4. The van der Waals surface area contributed by atoms with Crippen molar-refractivity contribution < 1.29 is 0 Å². The normalized spacial score (nSPS) is 48.6. The summed E-state index contributed by atoms with van der Waals surface area (Å²) in [5.74, 6) is 5.70. The van der Waals surface area contributed by atoms with Crippen molar-refractivity contribution in [1.29, 1.82) is 0 Å². The predicted octanol–water partition coefficient (Wildman–Crippen LogP) is 14.6. The molecule has 16 atom stereocenters. The lowest BCUT2D eigenvalue weighted by Crippen LogP contribution is -2.57. The minimum atomic E-state index is 0.603. The Labute approximate surface area is 474 Å². The van der Waals surface area contributed by atoms with Gasteiger partial charge in [0.2, 0.25) is 0 Å². The summed E-state index contributed by atoms with van der Waals surface area (Å²) < 4.78 is 0. The van der Waals surface area contributed by atoms with Crippen molar-refractivity contribution in [1.82, 2.24) is 35.6 Å². The molecular weight excluding hydrogens is 967 g/mol. The average Bonchev–Trinajstić information content (AvgIpc) is 4.32. The van der Waals surface area contributed by atoms with Crippen LogP contribution in [0.25, 0.3) is 0 Å². The van der Waals surface area contributed by atoms with E-state index in [1.54, 1.807) is 25.7 Å². The van der Waals surface area contributed by atoms with Gasteiger partial charge < -0.3 is 0 Å². The number of nitrogens with one attached hydrogen (secondary N) is 3. The Balaban J connectivity index is 0.533. The highest BCUT2D eigenvalue weighted by Gasteiger charge is 2.58. The molecule has 3 N–H and O–H groups in total. The van der Waals surface area contributed by atoms with Crippen molar-refractivity contribution in [3.63, 3.8) is 0 Å². The van der Waals surface area contributed by atoms with Gasteiger partial charge in [-0.2, -0.15) is 0 Å². The number of hydrogen-bond acceptors (Lipinski definition) is 9. The van der Waals surface area contributed by atoms with Crippen molar-refractivity contribution in [2.24, 2.45) is 35.5 Å². The molecule has 0 aromatic carbocycles. The van der Waals surface area contributed by atoms with Gasteiger partial charge in [0, 0.05) is 84.6 Å². The van der Waals surface area contributed by atoms with E-state index in [0.29, 0.717) is 33.6 Å². The van der Waals surface area contributed by atoms with Crippen LogP contribution in [0.15, 0.2) is 0 Å². The van der Waals surface area contributed by atoms with Crippen LogP contribution in [0.1, 0.15) is 276 Å². The Morgan fingerprint density at radius 3 is 0.987 bits per heavy atom. The van der Waals surface area contributed by atoms with Crippen LogP contribution in [0.5, 0.6) is 0 Å². The fourth-order valence-corrected chi connectivity index (χ4v) is 27.1. The standard InChI is InChI=1S/C67H113N7S2/c1-5-17-46(18-6-1)71(47-19-7-2-8-20-47)52-37-39-62-56(41-52)54-25-13-15-27-60(54)73(62)50-33-29-44(30-34-50)64-68-58-43-59-67(70-66(58)75-64)76-65(69-59)45-31-35-51(36-32-45)74-61-28-16-14-26-55(61)57-42-53(38-40-63(57)74)72(48-21-9-3-10-22-48)49-23-11-4-12-24-49/h44-70H,1-43H2. The van der Waals surface area contributed by atoms with Gasteiger partial charge in [0.25, 0.3) is 0 Å². The molecule has 0 bridgehead atoms. The van der Waals surface area contributed by atoms with Gasteiger partial charge in [-0.3, -0.25) is 35.6 Å². The Kier molecular flexibility index (Phi) is 16.7. The van der Waals surface area contributed by atoms with Crippen LogP contribution >= 0.6 is 23.5 Å². The molecule has 9 heteroatoms. The monoisotopic (exact) mass is 1080 g/mol. The van der Waals surface area contributed by atoms with Crippen LogP contribution in [0.2, 0.25) is 0 Å². The van der Waals surface area contributed by atoms with Gasteiger partial charge in [0.15, 0.2) is 0 Å². The molecule has 5 saturated heterocycles. The zero-order valence-electron chi connectivity index (χ0n) is 48.4. The van der Waals surface area contributed by atoms with Gasteiger partial charge in [-0.25, -0.2) is 0 Å². The maximum Gasteiger partial charge on any atom is 0.0713 e. The highest BCUT2D eigenvalue weighted by atomic mass is 32.2. The highest BCUT2D eigenvalue weighted by Crippen LogP contribution is 2.56. The van der Waals surface area contributed by atoms with Crippen molar-refractivity contribution in [2.45, 2.75) is 382 Å². The maximum absolute atomic E-state index is 4.36. The Bertz CT molecular complexity index is 1680. The van der Waals surface area contributed by atoms with Crippen molar-refractivity contribution in [3.05, 3.63) is 0 Å². The van der Waals surface area contributed by atoms with Crippen LogP contribution < -0.4 is 16.0 Å². The number of hydrogen-bond donors (Lipinski definition) is 3. The second-order valence-corrected chi connectivity index (χ2v) is 33.0. The third-order valence-electron chi connectivity index (χ3n) is 26.8. The zero-order valence-corrected chi connectivity index (χ0v) is 50.0. The molecule has 15 aliphatic rings. The molecule has 5 heterocycles. The molecule has 0 aromatic heterocycles. The van der Waals surface area contributed by atoms with Crippen molar-refractivity contribution in [3.8, 4) is 0 Å². The molecule has 5 aliphatic heterocycles. The summed E-state index contributed by atoms with van der Waals surface area (Å²) in [5, 5.41) is 15.6. The molecular formula is C67H113N7S2. The largest absolute Gasteiger partial charge is 0.300 e. The first kappa shape index (κ1) is 53.2. The average molecular weight is 1080 g/mol. The smallest absolute Gasteiger partial charge is 0.0713 e. The van der Waals surface area contributed by atoms with E-state index in [2.05, 4.69) is 59.1 Å². The molecule has 10 aliphatic carbocycles. The number of piperidine rings is 1. The van der Waals surface area contributed by atoms with Crippen molar-refractivity contribution >= 4 is 23.5 Å². The van der Waals surface area contributed by atoms with Crippen LogP contribution in [0, 0.1) is 35.5 Å². The molecule has 15 rings (SSSR count). The summed E-state index contributed by atoms with van der Waals surface area (Å²) in [5.41, 5.74) is 0. The minimum absolute atomic E-state index is 0.603. The molecule has 7 nitrogen and oxygen atoms in total. The fourth-order valence-electron chi connectivity index (χ4n) is 23.6. The SMILES string of the molecule is C1CCC(N(C2CCCCC2)C2CCC3C(C2)C2CCCCC2N3C2CCC(C3NC4CC5NC(C6CCC(N7C8CCCCC8C8CC(N(C9CCCCC9)C9CCCCC9)CCC87)CC6)SC5NC4S3)CC2)CC1. The molecule has 0 radical (unpaired) electrons. The molecule has 16 unspecified atom stereocenters. The molecule has 0 spiro atoms. The van der Waals surface area contributed by atoms with E-state index in [1.165, 1.54) is 250 Å². The summed E-state index contributed by atoms with van der Waals surface area (Å²) in [6.07, 6.45) is 64.5. The first-order valence-corrected chi connectivity index (χ1v) is 37.2. The van der Waals surface area contributed by atoms with Crippen LogP contribution in [0.4, 0.5) is 0 Å². The van der Waals surface area contributed by atoms with E-state index < -0.39 is 0 Å². The van der Waals surface area contributed by atoms with Gasteiger partial charge >= 0.3 is 0 Å². The Morgan fingerprint density at radius 1 is 0.263 bits per heavy atom. The van der Waals surface area contributed by atoms with Gasteiger partial charge in [0.1, 0.15) is 0 Å². The van der Waals surface area contributed by atoms with Gasteiger partial charge in [-0.05, 0) is 209 Å². The van der Waals surface area contributed by atoms with Gasteiger partial charge in [-0.15, -0.1) is 23.5 Å².